The number of amides is 1. The van der Waals surface area contributed by atoms with Gasteiger partial charge in [0.15, 0.2) is 11.5 Å². The van der Waals surface area contributed by atoms with Gasteiger partial charge in [-0.1, -0.05) is 42.5 Å². The molecule has 4 atom stereocenters. The molecule has 3 aliphatic rings. The number of alkyl halides is 3. The van der Waals surface area contributed by atoms with Crippen LogP contribution in [0.15, 0.2) is 48.5 Å². The molecule has 2 aromatic rings. The van der Waals surface area contributed by atoms with Crippen LogP contribution in [-0.4, -0.2) is 56.4 Å². The van der Waals surface area contributed by atoms with Crippen molar-refractivity contribution in [2.45, 2.75) is 49.2 Å². The molecule has 0 bridgehead atoms. The van der Waals surface area contributed by atoms with Crippen molar-refractivity contribution in [3.05, 3.63) is 59.7 Å². The Balaban J connectivity index is 1.45. The van der Waals surface area contributed by atoms with Gasteiger partial charge in [0, 0.05) is 36.7 Å². The molecule has 1 N–H and O–H groups in total. The monoisotopic (exact) mass is 488 g/mol. The Labute approximate surface area is 203 Å². The number of rotatable bonds is 4. The molecule has 2 fully saturated rings. The van der Waals surface area contributed by atoms with Crippen LogP contribution < -0.4 is 14.8 Å². The molecule has 35 heavy (non-hydrogen) atoms. The summed E-state index contributed by atoms with van der Waals surface area (Å²) in [6.07, 6.45) is -3.73. The van der Waals surface area contributed by atoms with Gasteiger partial charge in [0.2, 0.25) is 5.91 Å². The van der Waals surface area contributed by atoms with Crippen molar-refractivity contribution in [2.75, 3.05) is 33.4 Å². The molecule has 5 rings (SSSR count). The number of carbonyl (C=O) groups excluding carboxylic acids is 1. The molecule has 2 saturated heterocycles. The van der Waals surface area contributed by atoms with E-state index in [9.17, 15) is 18.0 Å². The van der Waals surface area contributed by atoms with Gasteiger partial charge in [0.1, 0.15) is 0 Å². The molecule has 0 aromatic heterocycles. The maximum atomic E-state index is 14.0. The number of nitrogens with one attached hydrogen (secondary N) is 1. The lowest BCUT2D eigenvalue weighted by molar-refractivity contribution is -0.160. The van der Waals surface area contributed by atoms with Crippen molar-refractivity contribution in [1.29, 1.82) is 0 Å². The number of carbonyl (C=O) groups is 1. The summed E-state index contributed by atoms with van der Waals surface area (Å²) < 4.78 is 52.3. The highest BCUT2D eigenvalue weighted by Crippen LogP contribution is 2.50. The fourth-order valence-corrected chi connectivity index (χ4v) is 6.34. The molecule has 0 radical (unpaired) electrons. The Bertz CT molecular complexity index is 1060. The van der Waals surface area contributed by atoms with E-state index in [1.807, 2.05) is 48.5 Å². The molecule has 0 saturated carbocycles. The highest BCUT2D eigenvalue weighted by atomic mass is 19.4. The van der Waals surface area contributed by atoms with E-state index in [-0.39, 0.29) is 11.8 Å². The number of hydrogen-bond donors (Lipinski definition) is 1. The Morgan fingerprint density at radius 3 is 2.74 bits per heavy atom. The van der Waals surface area contributed by atoms with E-state index in [2.05, 4.69) is 5.32 Å². The lowest BCUT2D eigenvalue weighted by Crippen LogP contribution is -2.54. The van der Waals surface area contributed by atoms with Crippen LogP contribution in [0.3, 0.4) is 0 Å². The van der Waals surface area contributed by atoms with Gasteiger partial charge in [-0.3, -0.25) is 4.79 Å². The van der Waals surface area contributed by atoms with Crippen LogP contribution in [-0.2, 0) is 10.2 Å². The van der Waals surface area contributed by atoms with E-state index in [1.54, 1.807) is 7.11 Å². The highest BCUT2D eigenvalue weighted by molar-refractivity contribution is 5.82. The lowest BCUT2D eigenvalue weighted by Gasteiger charge is -2.45. The molecular weight excluding hydrogens is 457 g/mol. The van der Waals surface area contributed by atoms with E-state index in [1.165, 1.54) is 4.90 Å². The summed E-state index contributed by atoms with van der Waals surface area (Å²) in [5.74, 6) is 0.611. The summed E-state index contributed by atoms with van der Waals surface area (Å²) in [6.45, 7) is 1.78. The van der Waals surface area contributed by atoms with E-state index < -0.39 is 30.0 Å². The molecule has 2 aromatic carbocycles. The summed E-state index contributed by atoms with van der Waals surface area (Å²) in [5, 5.41) is 3.36. The third-order valence-corrected chi connectivity index (χ3v) is 8.02. The molecule has 3 aliphatic heterocycles. The third kappa shape index (κ3) is 4.48. The molecule has 1 spiro atoms. The fraction of sp³-hybridized carbons (Fsp3) is 0.519. The second-order valence-corrected chi connectivity index (χ2v) is 9.91. The van der Waals surface area contributed by atoms with Crippen LogP contribution in [0.5, 0.6) is 11.5 Å². The first-order chi connectivity index (χ1) is 16.8. The molecule has 5 nitrogen and oxygen atoms in total. The minimum absolute atomic E-state index is 0.0105. The van der Waals surface area contributed by atoms with Gasteiger partial charge in [-0.25, -0.2) is 0 Å². The van der Waals surface area contributed by atoms with Gasteiger partial charge in [0.25, 0.3) is 0 Å². The molecular formula is C27H31F3N2O3. The smallest absolute Gasteiger partial charge is 0.391 e. The number of fused-ring (bicyclic) bond motifs is 2. The summed E-state index contributed by atoms with van der Waals surface area (Å²) in [6, 6.07) is 14.5. The van der Waals surface area contributed by atoms with Crippen LogP contribution in [0.2, 0.25) is 0 Å². The van der Waals surface area contributed by atoms with Crippen molar-refractivity contribution in [2.24, 2.45) is 5.92 Å². The van der Waals surface area contributed by atoms with E-state index in [0.29, 0.717) is 57.0 Å². The number of methoxy groups -OCH3 is 1. The first-order valence-electron chi connectivity index (χ1n) is 12.3. The van der Waals surface area contributed by atoms with Crippen molar-refractivity contribution in [3.63, 3.8) is 0 Å². The van der Waals surface area contributed by atoms with Crippen molar-refractivity contribution in [3.8, 4) is 11.5 Å². The zero-order chi connectivity index (χ0) is 24.6. The number of para-hydroxylation sites is 1. The summed E-state index contributed by atoms with van der Waals surface area (Å²) >= 11 is 0. The van der Waals surface area contributed by atoms with E-state index >= 15 is 0 Å². The number of benzene rings is 2. The van der Waals surface area contributed by atoms with Crippen molar-refractivity contribution in [1.82, 2.24) is 10.2 Å². The minimum atomic E-state index is -4.34. The highest BCUT2D eigenvalue weighted by Gasteiger charge is 2.53. The first kappa shape index (κ1) is 24.0. The van der Waals surface area contributed by atoms with Crippen LogP contribution >= 0.6 is 0 Å². The number of hydrogen-bond acceptors (Lipinski definition) is 4. The number of likely N-dealkylation sites (tertiary alicyclic amines) is 1. The van der Waals surface area contributed by atoms with Gasteiger partial charge < -0.3 is 19.7 Å². The molecule has 0 unspecified atom stereocenters. The van der Waals surface area contributed by atoms with Gasteiger partial charge in [0.05, 0.1) is 26.1 Å². The number of nitrogens with zero attached hydrogens (tertiary/aromatic N) is 1. The van der Waals surface area contributed by atoms with Crippen LogP contribution in [0.1, 0.15) is 42.7 Å². The quantitative estimate of drug-likeness (QED) is 0.680. The summed E-state index contributed by atoms with van der Waals surface area (Å²) in [7, 11) is 1.58. The SMILES string of the molecule is COc1cccc2c1OCC[C@]21CNC[C@H]1C(=O)N1CC[C@@H](c2ccccc2)C[C@H]1CC(F)(F)F. The second-order valence-electron chi connectivity index (χ2n) is 9.91. The Morgan fingerprint density at radius 2 is 2.00 bits per heavy atom. The second kappa shape index (κ2) is 9.37. The van der Waals surface area contributed by atoms with Gasteiger partial charge in [-0.2, -0.15) is 13.2 Å². The van der Waals surface area contributed by atoms with Crippen molar-refractivity contribution >= 4 is 5.91 Å². The van der Waals surface area contributed by atoms with Gasteiger partial charge in [-0.05, 0) is 36.8 Å². The maximum Gasteiger partial charge on any atom is 0.391 e. The molecule has 8 heteroatoms. The fourth-order valence-electron chi connectivity index (χ4n) is 6.34. The Morgan fingerprint density at radius 1 is 1.20 bits per heavy atom. The number of halogens is 3. The van der Waals surface area contributed by atoms with Gasteiger partial charge >= 0.3 is 6.18 Å². The first-order valence-corrected chi connectivity index (χ1v) is 12.3. The van der Waals surface area contributed by atoms with Crippen LogP contribution in [0.25, 0.3) is 0 Å². The standard InChI is InChI=1S/C27H31F3N2O3/c1-34-23-9-5-8-21-24(23)35-13-11-26(21)17-31-16-22(26)25(33)32-12-10-19(18-6-3-2-4-7-18)14-20(32)15-27(28,29)30/h2-9,19-20,22,31H,10-17H2,1H3/t19-,20+,22+,26+/m1/s1. The van der Waals surface area contributed by atoms with Crippen LogP contribution in [0, 0.1) is 5.92 Å². The Hall–Kier alpha value is -2.74. The normalized spacial score (nSPS) is 28.5. The number of piperidine rings is 1. The average Bonchev–Trinajstić information content (AvgIpc) is 3.27. The Kier molecular flexibility index (Phi) is 6.42. The average molecular weight is 489 g/mol. The van der Waals surface area contributed by atoms with Crippen molar-refractivity contribution < 1.29 is 27.4 Å². The predicted octanol–water partition coefficient (Wildman–Crippen LogP) is 4.66. The zero-order valence-electron chi connectivity index (χ0n) is 19.8. The number of ether oxygens (including phenoxy) is 2. The minimum Gasteiger partial charge on any atom is -0.493 e. The van der Waals surface area contributed by atoms with E-state index in [4.69, 9.17) is 9.47 Å². The molecule has 188 valence electrons. The predicted molar refractivity (Wildman–Crippen MR) is 126 cm³/mol. The van der Waals surface area contributed by atoms with Crippen LogP contribution in [0.4, 0.5) is 13.2 Å². The lowest BCUT2D eigenvalue weighted by atomic mass is 9.68. The van der Waals surface area contributed by atoms with Gasteiger partial charge in [-0.15, -0.1) is 0 Å². The topological polar surface area (TPSA) is 50.8 Å². The zero-order valence-corrected chi connectivity index (χ0v) is 19.8. The third-order valence-electron chi connectivity index (χ3n) is 8.02. The maximum absolute atomic E-state index is 14.0. The molecule has 0 aliphatic carbocycles. The summed E-state index contributed by atoms with van der Waals surface area (Å²) in [4.78, 5) is 15.6. The van der Waals surface area contributed by atoms with E-state index in [0.717, 1.165) is 11.1 Å². The largest absolute Gasteiger partial charge is 0.493 e. The molecule has 3 heterocycles. The summed E-state index contributed by atoms with van der Waals surface area (Å²) in [5.41, 5.74) is 1.41. The molecule has 1 amide bonds.